The minimum atomic E-state index is 0.259. The average Bonchev–Trinajstić information content (AvgIpc) is 3.28. The number of Topliss-reactive ketones (excluding diaryl/α,β-unsaturated/α-hetero) is 1. The van der Waals surface area contributed by atoms with Crippen LogP contribution in [-0.2, 0) is 0 Å². The van der Waals surface area contributed by atoms with E-state index in [0.29, 0.717) is 5.78 Å². The molecule has 0 spiro atoms. The number of carbonyl (C=O) groups is 1. The zero-order valence-corrected chi connectivity index (χ0v) is 10.6. The molecule has 1 saturated carbocycles. The van der Waals surface area contributed by atoms with Crippen LogP contribution in [0.15, 0.2) is 54.6 Å². The molecule has 0 atom stereocenters. The zero-order valence-electron chi connectivity index (χ0n) is 10.6. The molecule has 0 radical (unpaired) electrons. The molecule has 1 nitrogen and oxygen atoms in total. The van der Waals surface area contributed by atoms with Crippen LogP contribution in [0.4, 0.5) is 0 Å². The fourth-order valence-corrected chi connectivity index (χ4v) is 2.83. The molecule has 0 N–H and O–H groups in total. The summed E-state index contributed by atoms with van der Waals surface area (Å²) in [5.41, 5.74) is 0.927. The van der Waals surface area contributed by atoms with Crippen LogP contribution in [-0.4, -0.2) is 5.78 Å². The molecular formula is C18H14O. The highest BCUT2D eigenvalue weighted by molar-refractivity contribution is 6.20. The second-order valence-electron chi connectivity index (χ2n) is 5.33. The summed E-state index contributed by atoms with van der Waals surface area (Å²) >= 11 is 0. The first-order chi connectivity index (χ1) is 9.34. The van der Waals surface area contributed by atoms with Crippen molar-refractivity contribution in [2.24, 2.45) is 5.92 Å². The molecule has 19 heavy (non-hydrogen) atoms. The number of carbonyl (C=O) groups excluding carboxylic acids is 1. The monoisotopic (exact) mass is 246 g/mol. The van der Waals surface area contributed by atoms with Gasteiger partial charge in [0, 0.05) is 11.5 Å². The second-order valence-corrected chi connectivity index (χ2v) is 5.33. The Morgan fingerprint density at radius 3 is 1.89 bits per heavy atom. The van der Waals surface area contributed by atoms with Gasteiger partial charge in [-0.05, 0) is 40.5 Å². The predicted octanol–water partition coefficient (Wildman–Crippen LogP) is 4.59. The van der Waals surface area contributed by atoms with Crippen LogP contribution < -0.4 is 0 Å². The molecule has 0 saturated heterocycles. The molecular weight excluding hydrogens is 232 g/mol. The van der Waals surface area contributed by atoms with Crippen molar-refractivity contribution in [2.45, 2.75) is 12.8 Å². The Morgan fingerprint density at radius 2 is 1.37 bits per heavy atom. The molecule has 0 heterocycles. The van der Waals surface area contributed by atoms with Gasteiger partial charge in [-0.15, -0.1) is 0 Å². The van der Waals surface area contributed by atoms with Crippen LogP contribution in [0.2, 0.25) is 0 Å². The third-order valence-electron chi connectivity index (χ3n) is 3.97. The van der Waals surface area contributed by atoms with Gasteiger partial charge in [0.05, 0.1) is 0 Å². The minimum Gasteiger partial charge on any atom is -0.294 e. The van der Waals surface area contributed by atoms with Crippen molar-refractivity contribution >= 4 is 27.3 Å². The van der Waals surface area contributed by atoms with Crippen molar-refractivity contribution in [3.05, 3.63) is 60.2 Å². The maximum absolute atomic E-state index is 12.6. The van der Waals surface area contributed by atoms with E-state index in [1.54, 1.807) is 0 Å². The van der Waals surface area contributed by atoms with E-state index >= 15 is 0 Å². The third kappa shape index (κ3) is 1.66. The summed E-state index contributed by atoms with van der Waals surface area (Å²) in [5.74, 6) is 0.585. The van der Waals surface area contributed by atoms with Crippen molar-refractivity contribution in [1.82, 2.24) is 0 Å². The Hall–Kier alpha value is -2.15. The number of fused-ring (bicyclic) bond motifs is 2. The van der Waals surface area contributed by atoms with Crippen LogP contribution in [0.3, 0.4) is 0 Å². The van der Waals surface area contributed by atoms with E-state index in [9.17, 15) is 4.79 Å². The summed E-state index contributed by atoms with van der Waals surface area (Å²) in [5, 5.41) is 4.51. The lowest BCUT2D eigenvalue weighted by Gasteiger charge is -2.10. The molecule has 3 aromatic carbocycles. The van der Waals surface area contributed by atoms with Crippen molar-refractivity contribution in [2.75, 3.05) is 0 Å². The standard InChI is InChI=1S/C18H14O/c19-18(12-9-10-12)17-15-7-3-1-5-13(15)11-14-6-2-4-8-16(14)17/h1-8,11-12H,9-10H2. The molecule has 4 rings (SSSR count). The Kier molecular flexibility index (Phi) is 2.22. The smallest absolute Gasteiger partial charge is 0.167 e. The Morgan fingerprint density at radius 1 is 0.842 bits per heavy atom. The van der Waals surface area contributed by atoms with Gasteiger partial charge in [-0.3, -0.25) is 4.79 Å². The Balaban J connectivity index is 2.16. The van der Waals surface area contributed by atoms with Crippen LogP contribution in [0.5, 0.6) is 0 Å². The van der Waals surface area contributed by atoms with E-state index in [-0.39, 0.29) is 5.92 Å². The fourth-order valence-electron chi connectivity index (χ4n) is 2.83. The Bertz CT molecular complexity index is 743. The lowest BCUT2D eigenvalue weighted by Crippen LogP contribution is -2.03. The zero-order chi connectivity index (χ0) is 12.8. The number of ketones is 1. The lowest BCUT2D eigenvalue weighted by molar-refractivity contribution is 0.0971. The first-order valence-electron chi connectivity index (χ1n) is 6.79. The van der Waals surface area contributed by atoms with E-state index in [4.69, 9.17) is 0 Å². The highest BCUT2D eigenvalue weighted by Crippen LogP contribution is 2.37. The van der Waals surface area contributed by atoms with E-state index in [1.807, 2.05) is 24.3 Å². The molecule has 0 aliphatic heterocycles. The maximum atomic E-state index is 12.6. The molecule has 0 amide bonds. The molecule has 0 bridgehead atoms. The SMILES string of the molecule is O=C(c1c2ccccc2cc2ccccc12)C1CC1. The van der Waals surface area contributed by atoms with Gasteiger partial charge in [-0.1, -0.05) is 48.5 Å². The summed E-state index contributed by atoms with van der Waals surface area (Å²) in [4.78, 5) is 12.6. The van der Waals surface area contributed by atoms with Crippen molar-refractivity contribution in [1.29, 1.82) is 0 Å². The topological polar surface area (TPSA) is 17.1 Å². The number of hydrogen-bond donors (Lipinski definition) is 0. The fraction of sp³-hybridized carbons (Fsp3) is 0.167. The van der Waals surface area contributed by atoms with Crippen molar-refractivity contribution < 1.29 is 4.79 Å². The van der Waals surface area contributed by atoms with Crippen LogP contribution >= 0.6 is 0 Å². The van der Waals surface area contributed by atoms with E-state index in [0.717, 1.165) is 39.9 Å². The van der Waals surface area contributed by atoms with E-state index < -0.39 is 0 Å². The summed E-state index contributed by atoms with van der Waals surface area (Å²) in [7, 11) is 0. The third-order valence-corrected chi connectivity index (χ3v) is 3.97. The molecule has 1 aliphatic rings. The summed E-state index contributed by atoms with van der Waals surface area (Å²) < 4.78 is 0. The van der Waals surface area contributed by atoms with E-state index in [2.05, 4.69) is 30.3 Å². The molecule has 1 fully saturated rings. The highest BCUT2D eigenvalue weighted by Gasteiger charge is 2.32. The van der Waals surface area contributed by atoms with Gasteiger partial charge in [0.25, 0.3) is 0 Å². The first-order valence-corrected chi connectivity index (χ1v) is 6.79. The molecule has 3 aromatic rings. The summed E-state index contributed by atoms with van der Waals surface area (Å²) in [6, 6.07) is 18.6. The first kappa shape index (κ1) is 10.7. The van der Waals surface area contributed by atoms with Crippen LogP contribution in [0.1, 0.15) is 23.2 Å². The molecule has 0 aromatic heterocycles. The van der Waals surface area contributed by atoms with Gasteiger partial charge in [-0.2, -0.15) is 0 Å². The highest BCUT2D eigenvalue weighted by atomic mass is 16.1. The summed E-state index contributed by atoms with van der Waals surface area (Å²) in [6.07, 6.45) is 2.10. The predicted molar refractivity (Wildman–Crippen MR) is 78.5 cm³/mol. The van der Waals surface area contributed by atoms with Gasteiger partial charge in [0.15, 0.2) is 5.78 Å². The van der Waals surface area contributed by atoms with Crippen LogP contribution in [0.25, 0.3) is 21.5 Å². The molecule has 0 unspecified atom stereocenters. The maximum Gasteiger partial charge on any atom is 0.167 e. The van der Waals surface area contributed by atoms with Gasteiger partial charge in [-0.25, -0.2) is 0 Å². The largest absolute Gasteiger partial charge is 0.294 e. The molecule has 1 aliphatic carbocycles. The van der Waals surface area contributed by atoms with Crippen molar-refractivity contribution in [3.63, 3.8) is 0 Å². The van der Waals surface area contributed by atoms with Gasteiger partial charge in [0.1, 0.15) is 0 Å². The normalized spacial score (nSPS) is 14.9. The lowest BCUT2D eigenvalue weighted by atomic mass is 9.93. The minimum absolute atomic E-state index is 0.259. The van der Waals surface area contributed by atoms with Crippen molar-refractivity contribution in [3.8, 4) is 0 Å². The Labute approximate surface area is 111 Å². The molecule has 1 heteroatoms. The summed E-state index contributed by atoms with van der Waals surface area (Å²) in [6.45, 7) is 0. The van der Waals surface area contributed by atoms with Gasteiger partial charge in [0.2, 0.25) is 0 Å². The number of rotatable bonds is 2. The second kappa shape index (κ2) is 3.92. The average molecular weight is 246 g/mol. The number of hydrogen-bond acceptors (Lipinski definition) is 1. The number of benzene rings is 3. The quantitative estimate of drug-likeness (QED) is 0.477. The van der Waals surface area contributed by atoms with Gasteiger partial charge < -0.3 is 0 Å². The van der Waals surface area contributed by atoms with E-state index in [1.165, 1.54) is 0 Å². The molecule has 92 valence electrons. The van der Waals surface area contributed by atoms with Crippen LogP contribution in [0, 0.1) is 5.92 Å². The van der Waals surface area contributed by atoms with Gasteiger partial charge >= 0.3 is 0 Å².